The molecule has 3 unspecified atom stereocenters. The summed E-state index contributed by atoms with van der Waals surface area (Å²) in [5, 5.41) is 34.7. The van der Waals surface area contributed by atoms with Crippen LogP contribution >= 0.6 is 0 Å². The molecule has 1 fully saturated rings. The smallest absolute Gasteiger partial charge is 0.332 e. The number of nitrogens with two attached hydrogens (primary N) is 1. The molecule has 1 aliphatic heterocycles. The molecule has 2 amide bonds. The Morgan fingerprint density at radius 3 is 2.43 bits per heavy atom. The highest BCUT2D eigenvalue weighted by atomic mass is 16.5. The van der Waals surface area contributed by atoms with E-state index in [0.29, 0.717) is 23.1 Å². The third kappa shape index (κ3) is 6.15. The number of ether oxygens (including phenoxy) is 1. The van der Waals surface area contributed by atoms with E-state index in [4.69, 9.17) is 10.5 Å². The van der Waals surface area contributed by atoms with Crippen LogP contribution in [0.5, 0.6) is 5.75 Å². The van der Waals surface area contributed by atoms with Crippen molar-refractivity contribution >= 4 is 17.8 Å². The standard InChI is InChI=1S/C20H29N3O7/c1-10-5-12(6-11(2)18(10)26)19(27)22-9-13(24)7-16-14(23-17(25)8-21)3-4-15(30-16)20(28)29/h5-6,13-16,24,26H,3-4,7-9,21H2,1-2H3,(H,22,27)(H,23,25)(H,28,29)/t13-,14?,15?,16?/m0/s1. The number of hydrogen-bond donors (Lipinski definition) is 6. The van der Waals surface area contributed by atoms with E-state index in [9.17, 15) is 29.7 Å². The van der Waals surface area contributed by atoms with Gasteiger partial charge in [-0.25, -0.2) is 4.79 Å². The normalized spacial score (nSPS) is 22.2. The molecule has 0 saturated carbocycles. The number of aliphatic hydroxyl groups excluding tert-OH is 1. The maximum atomic E-state index is 12.4. The molecule has 0 aromatic heterocycles. The molecule has 1 aliphatic rings. The van der Waals surface area contributed by atoms with Crippen LogP contribution in [0.4, 0.5) is 0 Å². The molecule has 30 heavy (non-hydrogen) atoms. The molecule has 10 heteroatoms. The Kier molecular flexibility index (Phi) is 8.16. The molecule has 1 aromatic carbocycles. The topological polar surface area (TPSA) is 171 Å². The Labute approximate surface area is 174 Å². The summed E-state index contributed by atoms with van der Waals surface area (Å²) in [4.78, 5) is 35.2. The number of rotatable bonds is 8. The van der Waals surface area contributed by atoms with Crippen molar-refractivity contribution in [3.05, 3.63) is 28.8 Å². The van der Waals surface area contributed by atoms with Crippen LogP contribution in [0.2, 0.25) is 0 Å². The molecular formula is C20H29N3O7. The first-order valence-electron chi connectivity index (χ1n) is 9.76. The number of carboxylic acids is 1. The quantitative estimate of drug-likeness (QED) is 0.327. The zero-order valence-corrected chi connectivity index (χ0v) is 17.1. The first kappa shape index (κ1) is 23.6. The second-order valence-corrected chi connectivity index (χ2v) is 7.52. The lowest BCUT2D eigenvalue weighted by atomic mass is 9.94. The van der Waals surface area contributed by atoms with Crippen LogP contribution in [0.3, 0.4) is 0 Å². The third-order valence-electron chi connectivity index (χ3n) is 5.09. The molecule has 10 nitrogen and oxygen atoms in total. The predicted octanol–water partition coefficient (Wildman–Crippen LogP) is -0.434. The van der Waals surface area contributed by atoms with Crippen molar-refractivity contribution in [1.29, 1.82) is 0 Å². The van der Waals surface area contributed by atoms with Gasteiger partial charge in [0.1, 0.15) is 5.75 Å². The van der Waals surface area contributed by atoms with Crippen LogP contribution in [0.15, 0.2) is 12.1 Å². The first-order chi connectivity index (χ1) is 14.1. The van der Waals surface area contributed by atoms with Gasteiger partial charge in [0.15, 0.2) is 6.10 Å². The van der Waals surface area contributed by atoms with E-state index < -0.39 is 42.1 Å². The molecule has 0 aliphatic carbocycles. The number of amides is 2. The molecule has 0 spiro atoms. The molecule has 1 heterocycles. The van der Waals surface area contributed by atoms with Crippen LogP contribution in [0.25, 0.3) is 0 Å². The Balaban J connectivity index is 1.97. The summed E-state index contributed by atoms with van der Waals surface area (Å²) >= 11 is 0. The summed E-state index contributed by atoms with van der Waals surface area (Å²) in [5.74, 6) is -1.80. The molecule has 7 N–H and O–H groups in total. The lowest BCUT2D eigenvalue weighted by molar-refractivity contribution is -0.163. The lowest BCUT2D eigenvalue weighted by Gasteiger charge is -2.36. The van der Waals surface area contributed by atoms with Gasteiger partial charge in [0, 0.05) is 18.5 Å². The van der Waals surface area contributed by atoms with E-state index in [2.05, 4.69) is 10.6 Å². The Bertz CT molecular complexity index is 776. The van der Waals surface area contributed by atoms with E-state index in [-0.39, 0.29) is 31.7 Å². The maximum absolute atomic E-state index is 12.4. The number of nitrogens with one attached hydrogen (secondary N) is 2. The molecule has 1 saturated heterocycles. The minimum Gasteiger partial charge on any atom is -0.507 e. The molecule has 166 valence electrons. The van der Waals surface area contributed by atoms with E-state index >= 15 is 0 Å². The number of carbonyl (C=O) groups excluding carboxylic acids is 2. The summed E-state index contributed by atoms with van der Waals surface area (Å²) in [6, 6.07) is 2.61. The zero-order valence-electron chi connectivity index (χ0n) is 17.1. The maximum Gasteiger partial charge on any atom is 0.332 e. The zero-order chi connectivity index (χ0) is 22.4. The number of hydrogen-bond acceptors (Lipinski definition) is 7. The average Bonchev–Trinajstić information content (AvgIpc) is 2.70. The monoisotopic (exact) mass is 423 g/mol. The van der Waals surface area contributed by atoms with Crippen LogP contribution in [0, 0.1) is 13.8 Å². The molecule has 2 rings (SSSR count). The van der Waals surface area contributed by atoms with Crippen molar-refractivity contribution in [3.8, 4) is 5.75 Å². The number of benzene rings is 1. The van der Waals surface area contributed by atoms with Gasteiger partial charge in [0.25, 0.3) is 5.91 Å². The number of aryl methyl sites for hydroxylation is 2. The van der Waals surface area contributed by atoms with E-state index in [1.54, 1.807) is 26.0 Å². The Hall–Kier alpha value is -2.69. The average molecular weight is 423 g/mol. The van der Waals surface area contributed by atoms with Gasteiger partial charge in [-0.2, -0.15) is 0 Å². The van der Waals surface area contributed by atoms with Gasteiger partial charge in [0.2, 0.25) is 5.91 Å². The fraction of sp³-hybridized carbons (Fsp3) is 0.550. The van der Waals surface area contributed by atoms with Gasteiger partial charge >= 0.3 is 5.97 Å². The van der Waals surface area contributed by atoms with Crippen molar-refractivity contribution in [1.82, 2.24) is 10.6 Å². The van der Waals surface area contributed by atoms with Crippen molar-refractivity contribution in [3.63, 3.8) is 0 Å². The SMILES string of the molecule is Cc1cc(C(=O)NC[C@@H](O)CC2OC(C(=O)O)CCC2NC(=O)CN)cc(C)c1O. The van der Waals surface area contributed by atoms with E-state index in [1.165, 1.54) is 0 Å². The number of aliphatic carboxylic acids is 1. The fourth-order valence-electron chi connectivity index (χ4n) is 3.47. The van der Waals surface area contributed by atoms with Crippen molar-refractivity contribution in [2.45, 2.75) is 57.5 Å². The number of carboxylic acid groups (broad SMARTS) is 1. The largest absolute Gasteiger partial charge is 0.507 e. The van der Waals surface area contributed by atoms with Gasteiger partial charge in [-0.05, 0) is 49.9 Å². The summed E-state index contributed by atoms with van der Waals surface area (Å²) in [5.41, 5.74) is 6.80. The summed E-state index contributed by atoms with van der Waals surface area (Å²) in [7, 11) is 0. The van der Waals surface area contributed by atoms with Gasteiger partial charge in [0.05, 0.1) is 24.8 Å². The number of phenolic OH excluding ortho intramolecular Hbond substituents is 1. The predicted molar refractivity (Wildman–Crippen MR) is 107 cm³/mol. The lowest BCUT2D eigenvalue weighted by Crippen LogP contribution is -2.53. The second kappa shape index (κ2) is 10.4. The summed E-state index contributed by atoms with van der Waals surface area (Å²) < 4.78 is 5.56. The van der Waals surface area contributed by atoms with Gasteiger partial charge in [-0.3, -0.25) is 9.59 Å². The number of aromatic hydroxyl groups is 1. The van der Waals surface area contributed by atoms with Crippen LogP contribution in [0.1, 0.15) is 40.7 Å². The molecule has 0 bridgehead atoms. The van der Waals surface area contributed by atoms with Crippen molar-refractivity contribution < 1.29 is 34.4 Å². The van der Waals surface area contributed by atoms with Gasteiger partial charge < -0.3 is 36.4 Å². The van der Waals surface area contributed by atoms with Crippen molar-refractivity contribution in [2.75, 3.05) is 13.1 Å². The molecular weight excluding hydrogens is 394 g/mol. The van der Waals surface area contributed by atoms with Gasteiger partial charge in [-0.15, -0.1) is 0 Å². The van der Waals surface area contributed by atoms with E-state index in [1.807, 2.05) is 0 Å². The third-order valence-corrected chi connectivity index (χ3v) is 5.09. The number of aliphatic hydroxyl groups is 1. The highest BCUT2D eigenvalue weighted by molar-refractivity contribution is 5.94. The fourth-order valence-corrected chi connectivity index (χ4v) is 3.47. The minimum atomic E-state index is -1.11. The Morgan fingerprint density at radius 2 is 1.87 bits per heavy atom. The number of carbonyl (C=O) groups is 3. The van der Waals surface area contributed by atoms with E-state index in [0.717, 1.165) is 0 Å². The minimum absolute atomic E-state index is 0.0210. The molecule has 1 aromatic rings. The van der Waals surface area contributed by atoms with Crippen LogP contribution in [-0.2, 0) is 14.3 Å². The number of phenols is 1. The highest BCUT2D eigenvalue weighted by Gasteiger charge is 2.36. The summed E-state index contributed by atoms with van der Waals surface area (Å²) in [6.07, 6.45) is -2.16. The van der Waals surface area contributed by atoms with Crippen molar-refractivity contribution in [2.24, 2.45) is 5.73 Å². The molecule has 0 radical (unpaired) electrons. The first-order valence-corrected chi connectivity index (χ1v) is 9.76. The summed E-state index contributed by atoms with van der Waals surface area (Å²) in [6.45, 7) is 3.06. The highest BCUT2D eigenvalue weighted by Crippen LogP contribution is 2.24. The van der Waals surface area contributed by atoms with Crippen LogP contribution in [-0.4, -0.2) is 70.5 Å². The van der Waals surface area contributed by atoms with Crippen LogP contribution < -0.4 is 16.4 Å². The molecule has 4 atom stereocenters. The second-order valence-electron chi connectivity index (χ2n) is 7.52. The van der Waals surface area contributed by atoms with Gasteiger partial charge in [-0.1, -0.05) is 0 Å². The Morgan fingerprint density at radius 1 is 1.23 bits per heavy atom.